The lowest BCUT2D eigenvalue weighted by atomic mass is 9.84. The molecular formula is C18H30N4O4. The van der Waals surface area contributed by atoms with Gasteiger partial charge in [0.2, 0.25) is 17.7 Å². The number of hydrogen-bond donors (Lipinski definition) is 2. The summed E-state index contributed by atoms with van der Waals surface area (Å²) >= 11 is 0. The third kappa shape index (κ3) is 6.40. The van der Waals surface area contributed by atoms with E-state index in [2.05, 4.69) is 10.1 Å². The molecule has 1 fully saturated rings. The Hall–Kier alpha value is -1.96. The Morgan fingerprint density at radius 2 is 2.08 bits per heavy atom. The van der Waals surface area contributed by atoms with Gasteiger partial charge in [0.05, 0.1) is 6.54 Å². The Morgan fingerprint density at radius 3 is 2.73 bits per heavy atom. The summed E-state index contributed by atoms with van der Waals surface area (Å²) in [5, 5.41) is 12.8. The van der Waals surface area contributed by atoms with Gasteiger partial charge in [-0.2, -0.15) is 4.98 Å². The van der Waals surface area contributed by atoms with Crippen molar-refractivity contribution in [3.8, 4) is 0 Å². The third-order valence-corrected chi connectivity index (χ3v) is 5.20. The van der Waals surface area contributed by atoms with Gasteiger partial charge in [-0.25, -0.2) is 5.48 Å². The average Bonchev–Trinajstić information content (AvgIpc) is 3.09. The van der Waals surface area contributed by atoms with Gasteiger partial charge in [-0.3, -0.25) is 14.8 Å². The molecule has 1 aromatic rings. The first-order valence-electron chi connectivity index (χ1n) is 9.46. The summed E-state index contributed by atoms with van der Waals surface area (Å²) in [4.78, 5) is 28.8. The van der Waals surface area contributed by atoms with E-state index in [0.717, 1.165) is 25.2 Å². The van der Waals surface area contributed by atoms with E-state index in [1.165, 1.54) is 43.9 Å². The Bertz CT molecular complexity index is 584. The number of amides is 2. The lowest BCUT2D eigenvalue weighted by Crippen LogP contribution is -2.24. The number of carbonyl (C=O) groups excluding carboxylic acids is 2. The fourth-order valence-electron chi connectivity index (χ4n) is 3.53. The molecule has 1 aliphatic carbocycles. The summed E-state index contributed by atoms with van der Waals surface area (Å²) in [5.41, 5.74) is 1.68. The van der Waals surface area contributed by atoms with E-state index in [0.29, 0.717) is 11.7 Å². The molecule has 0 aromatic carbocycles. The van der Waals surface area contributed by atoms with E-state index in [1.807, 2.05) is 0 Å². The first-order chi connectivity index (χ1) is 12.5. The zero-order valence-corrected chi connectivity index (χ0v) is 15.7. The van der Waals surface area contributed by atoms with Gasteiger partial charge in [0.15, 0.2) is 5.82 Å². The molecule has 146 valence electrons. The standard InChI is InChI=1S/C18H30N4O4/c1-13(23)22(2)12-16-19-18(26-21-16)15(11-17(24)20-25)10-6-9-14-7-4-3-5-8-14/h14-15,25H,3-12H2,1-2H3,(H,20,24)/t15-/m0/s1. The molecule has 1 aliphatic rings. The summed E-state index contributed by atoms with van der Waals surface area (Å²) in [5.74, 6) is 0.810. The molecule has 1 aromatic heterocycles. The number of hydrogen-bond acceptors (Lipinski definition) is 6. The molecule has 2 amide bonds. The van der Waals surface area contributed by atoms with E-state index < -0.39 is 5.91 Å². The zero-order valence-electron chi connectivity index (χ0n) is 15.7. The van der Waals surface area contributed by atoms with E-state index >= 15 is 0 Å². The maximum atomic E-state index is 11.6. The van der Waals surface area contributed by atoms with Crippen molar-refractivity contribution >= 4 is 11.8 Å². The molecule has 1 atom stereocenters. The molecular weight excluding hydrogens is 336 g/mol. The minimum atomic E-state index is -0.465. The number of carbonyl (C=O) groups is 2. The molecule has 0 spiro atoms. The second kappa shape index (κ2) is 10.3. The van der Waals surface area contributed by atoms with Gasteiger partial charge >= 0.3 is 0 Å². The number of nitrogens with one attached hydrogen (secondary N) is 1. The van der Waals surface area contributed by atoms with Crippen LogP contribution in [0.25, 0.3) is 0 Å². The molecule has 0 bridgehead atoms. The highest BCUT2D eigenvalue weighted by molar-refractivity contribution is 5.75. The topological polar surface area (TPSA) is 109 Å². The van der Waals surface area contributed by atoms with Crippen molar-refractivity contribution in [1.82, 2.24) is 20.5 Å². The quantitative estimate of drug-likeness (QED) is 0.514. The highest BCUT2D eigenvalue weighted by Gasteiger charge is 2.23. The van der Waals surface area contributed by atoms with Crippen LogP contribution in [-0.4, -0.2) is 39.1 Å². The zero-order chi connectivity index (χ0) is 18.9. The molecule has 1 saturated carbocycles. The van der Waals surface area contributed by atoms with Crippen LogP contribution in [0.3, 0.4) is 0 Å². The first-order valence-corrected chi connectivity index (χ1v) is 9.46. The second-order valence-corrected chi connectivity index (χ2v) is 7.29. The Kier molecular flexibility index (Phi) is 8.03. The second-order valence-electron chi connectivity index (χ2n) is 7.29. The van der Waals surface area contributed by atoms with Crippen molar-refractivity contribution in [2.45, 2.75) is 77.2 Å². The number of hydroxylamine groups is 1. The molecule has 0 radical (unpaired) electrons. The van der Waals surface area contributed by atoms with Crippen molar-refractivity contribution in [2.75, 3.05) is 7.05 Å². The summed E-state index contributed by atoms with van der Waals surface area (Å²) < 4.78 is 5.33. The molecule has 0 saturated heterocycles. The molecule has 1 heterocycles. The normalized spacial score (nSPS) is 16.3. The van der Waals surface area contributed by atoms with Gasteiger partial charge in [0, 0.05) is 26.3 Å². The van der Waals surface area contributed by atoms with Crippen LogP contribution in [0.1, 0.15) is 82.3 Å². The molecule has 8 heteroatoms. The molecule has 0 aliphatic heterocycles. The van der Waals surface area contributed by atoms with Crippen LogP contribution in [0.4, 0.5) is 0 Å². The Labute approximate surface area is 154 Å². The van der Waals surface area contributed by atoms with Crippen LogP contribution >= 0.6 is 0 Å². The average molecular weight is 366 g/mol. The maximum Gasteiger partial charge on any atom is 0.244 e. The maximum absolute atomic E-state index is 11.6. The SMILES string of the molecule is CC(=O)N(C)Cc1noc([C@@H](CCCC2CCCCC2)CC(=O)NO)n1. The largest absolute Gasteiger partial charge is 0.339 e. The van der Waals surface area contributed by atoms with Gasteiger partial charge in [0.1, 0.15) is 0 Å². The number of nitrogens with zero attached hydrogens (tertiary/aromatic N) is 3. The minimum absolute atomic E-state index is 0.0833. The monoisotopic (exact) mass is 366 g/mol. The summed E-state index contributed by atoms with van der Waals surface area (Å²) in [6, 6.07) is 0. The van der Waals surface area contributed by atoms with Gasteiger partial charge in [-0.1, -0.05) is 50.1 Å². The van der Waals surface area contributed by atoms with E-state index in [-0.39, 0.29) is 24.8 Å². The van der Waals surface area contributed by atoms with E-state index in [1.54, 1.807) is 12.5 Å². The Morgan fingerprint density at radius 1 is 1.35 bits per heavy atom. The molecule has 0 unspecified atom stereocenters. The van der Waals surface area contributed by atoms with E-state index in [4.69, 9.17) is 9.73 Å². The van der Waals surface area contributed by atoms with Crippen LogP contribution < -0.4 is 5.48 Å². The number of aromatic nitrogens is 2. The van der Waals surface area contributed by atoms with Crippen molar-refractivity contribution < 1.29 is 19.3 Å². The van der Waals surface area contributed by atoms with Crippen LogP contribution in [0, 0.1) is 5.92 Å². The lowest BCUT2D eigenvalue weighted by molar-refractivity contribution is -0.130. The predicted molar refractivity (Wildman–Crippen MR) is 94.2 cm³/mol. The van der Waals surface area contributed by atoms with Crippen molar-refractivity contribution in [3.05, 3.63) is 11.7 Å². The van der Waals surface area contributed by atoms with Crippen LogP contribution in [0.2, 0.25) is 0 Å². The van der Waals surface area contributed by atoms with Crippen molar-refractivity contribution in [3.63, 3.8) is 0 Å². The fraction of sp³-hybridized carbons (Fsp3) is 0.778. The highest BCUT2D eigenvalue weighted by Crippen LogP contribution is 2.31. The molecule has 2 N–H and O–H groups in total. The molecule has 26 heavy (non-hydrogen) atoms. The predicted octanol–water partition coefficient (Wildman–Crippen LogP) is 2.78. The minimum Gasteiger partial charge on any atom is -0.339 e. The summed E-state index contributed by atoms with van der Waals surface area (Å²) in [7, 11) is 1.67. The van der Waals surface area contributed by atoms with Crippen molar-refractivity contribution in [1.29, 1.82) is 0 Å². The van der Waals surface area contributed by atoms with Crippen LogP contribution in [0.5, 0.6) is 0 Å². The van der Waals surface area contributed by atoms with Gasteiger partial charge < -0.3 is 9.42 Å². The molecule has 2 rings (SSSR count). The molecule has 8 nitrogen and oxygen atoms in total. The summed E-state index contributed by atoms with van der Waals surface area (Å²) in [6.07, 6.45) is 9.56. The smallest absolute Gasteiger partial charge is 0.244 e. The van der Waals surface area contributed by atoms with Crippen molar-refractivity contribution in [2.24, 2.45) is 5.92 Å². The lowest BCUT2D eigenvalue weighted by Gasteiger charge is -2.22. The fourth-order valence-corrected chi connectivity index (χ4v) is 3.53. The van der Waals surface area contributed by atoms with Gasteiger partial charge in [-0.05, 0) is 12.3 Å². The first kappa shape index (κ1) is 20.4. The van der Waals surface area contributed by atoms with Gasteiger partial charge in [0.25, 0.3) is 0 Å². The number of rotatable bonds is 9. The Balaban J connectivity index is 1.93. The third-order valence-electron chi connectivity index (χ3n) is 5.20. The van der Waals surface area contributed by atoms with Gasteiger partial charge in [-0.15, -0.1) is 0 Å². The van der Waals surface area contributed by atoms with Crippen LogP contribution in [0.15, 0.2) is 4.52 Å². The van der Waals surface area contributed by atoms with E-state index in [9.17, 15) is 9.59 Å². The summed E-state index contributed by atoms with van der Waals surface area (Å²) in [6.45, 7) is 1.74. The van der Waals surface area contributed by atoms with Crippen LogP contribution in [-0.2, 0) is 16.1 Å². The highest BCUT2D eigenvalue weighted by atomic mass is 16.5.